The molecule has 1 amide bonds. The van der Waals surface area contributed by atoms with Gasteiger partial charge in [-0.25, -0.2) is 8.42 Å². The minimum Gasteiger partial charge on any atom is -0.375 e. The molecule has 0 aliphatic carbocycles. The van der Waals surface area contributed by atoms with Crippen molar-refractivity contribution in [1.82, 2.24) is 9.88 Å². The van der Waals surface area contributed by atoms with Gasteiger partial charge >= 0.3 is 0 Å². The lowest BCUT2D eigenvalue weighted by Crippen LogP contribution is -2.33. The van der Waals surface area contributed by atoms with Gasteiger partial charge in [0.15, 0.2) is 0 Å². The number of carbonyl (C=O) groups excluding carboxylic acids is 1. The van der Waals surface area contributed by atoms with Gasteiger partial charge in [-0.15, -0.1) is 0 Å². The number of para-hydroxylation sites is 1. The number of anilines is 1. The van der Waals surface area contributed by atoms with Crippen LogP contribution in [0.5, 0.6) is 0 Å². The molecule has 3 rings (SSSR count). The van der Waals surface area contributed by atoms with Crippen LogP contribution in [0.1, 0.15) is 16.1 Å². The predicted molar refractivity (Wildman–Crippen MR) is 89.4 cm³/mol. The van der Waals surface area contributed by atoms with Gasteiger partial charge in [0.2, 0.25) is 0 Å². The van der Waals surface area contributed by atoms with E-state index in [1.54, 1.807) is 19.2 Å². The van der Waals surface area contributed by atoms with Gasteiger partial charge in [-0.3, -0.25) is 9.10 Å². The van der Waals surface area contributed by atoms with Gasteiger partial charge in [-0.2, -0.15) is 0 Å². The number of fused-ring (bicyclic) bond motifs is 1. The van der Waals surface area contributed by atoms with Crippen LogP contribution < -0.4 is 9.62 Å². The number of hydrogen-bond acceptors (Lipinski definition) is 4. The van der Waals surface area contributed by atoms with Crippen molar-refractivity contribution in [3.63, 3.8) is 0 Å². The third kappa shape index (κ3) is 2.78. The van der Waals surface area contributed by atoms with Gasteiger partial charge in [0, 0.05) is 25.9 Å². The minimum atomic E-state index is -3.79. The first-order valence-electron chi connectivity index (χ1n) is 7.52. The number of benzene rings is 1. The summed E-state index contributed by atoms with van der Waals surface area (Å²) in [7, 11) is -0.642. The highest BCUT2D eigenvalue weighted by atomic mass is 32.2. The Hall–Kier alpha value is -2.32. The summed E-state index contributed by atoms with van der Waals surface area (Å²) in [6.45, 7) is 0.910. The Morgan fingerprint density at radius 3 is 2.79 bits per heavy atom. The molecule has 2 heterocycles. The second-order valence-corrected chi connectivity index (χ2v) is 7.37. The number of sulfonamides is 1. The number of nitrogens with one attached hydrogen (secondary N) is 1. The Morgan fingerprint density at radius 1 is 1.29 bits per heavy atom. The number of hydrogen-bond donors (Lipinski definition) is 1. The molecule has 8 heteroatoms. The maximum atomic E-state index is 13.1. The van der Waals surface area contributed by atoms with Crippen molar-refractivity contribution in [2.24, 2.45) is 7.05 Å². The first kappa shape index (κ1) is 16.5. The molecule has 0 radical (unpaired) electrons. The Balaban J connectivity index is 2.07. The number of nitrogens with zero attached hydrogens (tertiary/aromatic N) is 2. The Kier molecular flexibility index (Phi) is 4.33. The molecule has 0 saturated carbocycles. The number of amides is 1. The lowest BCUT2D eigenvalue weighted by Gasteiger charge is -2.23. The van der Waals surface area contributed by atoms with Gasteiger partial charge < -0.3 is 14.6 Å². The summed E-state index contributed by atoms with van der Waals surface area (Å²) in [6, 6.07) is 8.66. The van der Waals surface area contributed by atoms with Gasteiger partial charge in [0.25, 0.3) is 15.9 Å². The molecule has 24 heavy (non-hydrogen) atoms. The van der Waals surface area contributed by atoms with Crippen molar-refractivity contribution >= 4 is 21.6 Å². The van der Waals surface area contributed by atoms with Crippen molar-refractivity contribution < 1.29 is 17.9 Å². The molecule has 0 atom stereocenters. The zero-order chi connectivity index (χ0) is 17.3. The summed E-state index contributed by atoms with van der Waals surface area (Å²) in [5.41, 5.74) is 1.72. The van der Waals surface area contributed by atoms with Gasteiger partial charge in [-0.1, -0.05) is 18.2 Å². The Morgan fingerprint density at radius 2 is 2.04 bits per heavy atom. The molecular formula is C16H19N3O4S. The fourth-order valence-electron chi connectivity index (χ4n) is 2.73. The normalized spacial score (nSPS) is 14.8. The van der Waals surface area contributed by atoms with E-state index in [0.717, 1.165) is 5.56 Å². The molecule has 0 unspecified atom stereocenters. The first-order valence-corrected chi connectivity index (χ1v) is 8.96. The monoisotopic (exact) mass is 349 g/mol. The highest BCUT2D eigenvalue weighted by Gasteiger charge is 2.30. The summed E-state index contributed by atoms with van der Waals surface area (Å²) in [6.07, 6.45) is 1.45. The molecule has 2 aromatic rings. The molecule has 7 nitrogen and oxygen atoms in total. The third-order valence-electron chi connectivity index (χ3n) is 3.98. The van der Waals surface area contributed by atoms with Crippen LogP contribution in [0.25, 0.3) is 0 Å². The van der Waals surface area contributed by atoms with Gasteiger partial charge in [-0.05, 0) is 12.1 Å². The number of carbonyl (C=O) groups is 1. The topological polar surface area (TPSA) is 80.6 Å². The Labute approximate surface area is 140 Å². The summed E-state index contributed by atoms with van der Waals surface area (Å²) in [5.74, 6) is -0.335. The molecular weight excluding hydrogens is 330 g/mol. The standard InChI is InChI=1S/C16H19N3O4S/c1-17-16(20)15-9-13(10-18(15)2)24(21,22)19-7-8-23-11-12-5-3-4-6-14(12)19/h3-6,9-10H,7-8,11H2,1-2H3,(H,17,20). The Bertz CT molecular complexity index is 873. The SMILES string of the molecule is CNC(=O)c1cc(S(=O)(=O)N2CCOCc3ccccc32)cn1C. The zero-order valence-corrected chi connectivity index (χ0v) is 14.3. The molecule has 1 aliphatic heterocycles. The van der Waals surface area contributed by atoms with Crippen molar-refractivity contribution in [3.8, 4) is 0 Å². The lowest BCUT2D eigenvalue weighted by molar-refractivity contribution is 0.0955. The highest BCUT2D eigenvalue weighted by molar-refractivity contribution is 7.92. The maximum Gasteiger partial charge on any atom is 0.267 e. The van der Waals surface area contributed by atoms with Crippen molar-refractivity contribution in [1.29, 1.82) is 0 Å². The summed E-state index contributed by atoms with van der Waals surface area (Å²) < 4.78 is 34.6. The van der Waals surface area contributed by atoms with Crippen molar-refractivity contribution in [2.75, 3.05) is 24.5 Å². The van der Waals surface area contributed by atoms with Crippen LogP contribution >= 0.6 is 0 Å². The van der Waals surface area contributed by atoms with E-state index < -0.39 is 10.0 Å². The predicted octanol–water partition coefficient (Wildman–Crippen LogP) is 1.11. The minimum absolute atomic E-state index is 0.0836. The van der Waals surface area contributed by atoms with Crippen LogP contribution in [-0.4, -0.2) is 39.1 Å². The van der Waals surface area contributed by atoms with E-state index in [1.165, 1.54) is 28.2 Å². The third-order valence-corrected chi connectivity index (χ3v) is 5.76. The molecule has 0 spiro atoms. The summed E-state index contributed by atoms with van der Waals surface area (Å²) in [4.78, 5) is 11.9. The van der Waals surface area contributed by atoms with Crippen LogP contribution in [0.4, 0.5) is 5.69 Å². The van der Waals surface area contributed by atoms with E-state index in [9.17, 15) is 13.2 Å². The molecule has 0 saturated heterocycles. The van der Waals surface area contributed by atoms with E-state index in [4.69, 9.17) is 4.74 Å². The fraction of sp³-hybridized carbons (Fsp3) is 0.312. The van der Waals surface area contributed by atoms with E-state index in [-0.39, 0.29) is 23.0 Å². The molecule has 1 aromatic carbocycles. The second kappa shape index (κ2) is 6.29. The van der Waals surface area contributed by atoms with Crippen molar-refractivity contribution in [2.45, 2.75) is 11.5 Å². The lowest BCUT2D eigenvalue weighted by atomic mass is 10.2. The quantitative estimate of drug-likeness (QED) is 0.900. The number of aryl methyl sites for hydroxylation is 1. The van der Waals surface area contributed by atoms with Crippen LogP contribution in [-0.2, 0) is 28.4 Å². The number of rotatable bonds is 3. The molecule has 0 bridgehead atoms. The molecule has 1 aromatic heterocycles. The number of aromatic nitrogens is 1. The maximum absolute atomic E-state index is 13.1. The summed E-state index contributed by atoms with van der Waals surface area (Å²) in [5, 5.41) is 2.50. The smallest absolute Gasteiger partial charge is 0.267 e. The second-order valence-electron chi connectivity index (χ2n) is 5.51. The molecule has 1 N–H and O–H groups in total. The van der Waals surface area contributed by atoms with E-state index >= 15 is 0 Å². The zero-order valence-electron chi connectivity index (χ0n) is 13.5. The van der Waals surface area contributed by atoms with Crippen molar-refractivity contribution in [3.05, 3.63) is 47.8 Å². The number of ether oxygens (including phenoxy) is 1. The first-order chi connectivity index (χ1) is 11.4. The summed E-state index contributed by atoms with van der Waals surface area (Å²) >= 11 is 0. The van der Waals surface area contributed by atoms with Crippen LogP contribution in [0.3, 0.4) is 0 Å². The van der Waals surface area contributed by atoms with Gasteiger partial charge in [0.05, 0.1) is 25.4 Å². The van der Waals surface area contributed by atoms with E-state index in [1.807, 2.05) is 12.1 Å². The van der Waals surface area contributed by atoms with E-state index in [0.29, 0.717) is 18.9 Å². The molecule has 0 fully saturated rings. The molecule has 128 valence electrons. The largest absolute Gasteiger partial charge is 0.375 e. The van der Waals surface area contributed by atoms with Crippen LogP contribution in [0.2, 0.25) is 0 Å². The van der Waals surface area contributed by atoms with Crippen LogP contribution in [0, 0.1) is 0 Å². The molecule has 1 aliphatic rings. The highest BCUT2D eigenvalue weighted by Crippen LogP contribution is 2.29. The van der Waals surface area contributed by atoms with Gasteiger partial charge in [0.1, 0.15) is 10.6 Å². The average Bonchev–Trinajstić information content (AvgIpc) is 2.84. The van der Waals surface area contributed by atoms with E-state index in [2.05, 4.69) is 5.32 Å². The fourth-order valence-corrected chi connectivity index (χ4v) is 4.29. The van der Waals surface area contributed by atoms with Crippen LogP contribution in [0.15, 0.2) is 41.4 Å². The average molecular weight is 349 g/mol.